The first-order valence-corrected chi connectivity index (χ1v) is 26.8. The number of aryl methyl sites for hydroxylation is 2. The van der Waals surface area contributed by atoms with E-state index in [-0.39, 0.29) is 99.6 Å². The van der Waals surface area contributed by atoms with Crippen molar-refractivity contribution >= 4 is 0 Å². The van der Waals surface area contributed by atoms with Crippen LogP contribution in [0.4, 0.5) is 0 Å². The normalized spacial score (nSPS) is 13.5. The first-order chi connectivity index (χ1) is 43.8. The molecule has 0 bridgehead atoms. The highest BCUT2D eigenvalue weighted by atomic mass is 14.2. The molecule has 11 aromatic rings. The molecule has 11 aromatic carbocycles. The molecule has 0 heterocycles. The second kappa shape index (κ2) is 26.2. The Morgan fingerprint density at radius 1 is 0.266 bits per heavy atom. The van der Waals surface area contributed by atoms with E-state index in [9.17, 15) is 0 Å². The highest BCUT2D eigenvalue weighted by Crippen LogP contribution is 2.36. The van der Waals surface area contributed by atoms with E-state index in [0.29, 0.717) is 22.3 Å². The molecule has 0 radical (unpaired) electrons. The monoisotopic (exact) mass is 1040 g/mol. The second-order valence-electron chi connectivity index (χ2n) is 21.7. The first-order valence-electron chi connectivity index (χ1n) is 33.8. The van der Waals surface area contributed by atoms with Gasteiger partial charge in [-0.15, -0.1) is 0 Å². The standard InChI is InChI=1S/C27H32.C20H18.C19H16.C13H12/c1-19-24(20-11-15-22(16-12-20)26(2,3)4)9-8-10-25(19)21-13-17-23(18-14-21)27(5,6)7;1-15-8-6-11-18(14-15)20-13-7-12-19(16(20)2)17-9-4-3-5-10-17;1-15-12-18(16-8-4-2-5-9-16)14-19(13-15)17-10-6-3-7-11-17;1-11-7-5-6-10-13(11)12-8-3-2-4-9-12/h8-18H,1-7H3;3-14H,1-2H3;2-14H,1H3;2-10H,1H3/i;3D,4D,5D,6D,8D,9D,10D,11D,14D;;2D,3D,4D,8D,9D. The summed E-state index contributed by atoms with van der Waals surface area (Å²) in [5, 5.41) is 0. The van der Waals surface area contributed by atoms with Crippen LogP contribution in [0.2, 0.25) is 0 Å². The van der Waals surface area contributed by atoms with Gasteiger partial charge in [0.1, 0.15) is 0 Å². The largest absolute Gasteiger partial charge is 0.0632 e. The van der Waals surface area contributed by atoms with Gasteiger partial charge in [-0.1, -0.05) is 314 Å². The maximum absolute atomic E-state index is 8.38. The minimum Gasteiger partial charge on any atom is -0.0622 e. The maximum atomic E-state index is 8.38. The van der Waals surface area contributed by atoms with E-state index in [1.54, 1.807) is 44.2 Å². The number of hydrogen-bond acceptors (Lipinski definition) is 0. The van der Waals surface area contributed by atoms with Gasteiger partial charge in [0, 0.05) is 0 Å². The smallest absolute Gasteiger partial charge is 0.0622 e. The predicted molar refractivity (Wildman–Crippen MR) is 345 cm³/mol. The van der Waals surface area contributed by atoms with Crippen LogP contribution >= 0.6 is 0 Å². The average molecular weight is 1040 g/mol. The molecule has 79 heavy (non-hydrogen) atoms. The fourth-order valence-corrected chi connectivity index (χ4v) is 9.31. The van der Waals surface area contributed by atoms with Crippen LogP contribution in [-0.4, -0.2) is 0 Å². The number of hydrogen-bond donors (Lipinski definition) is 0. The summed E-state index contributed by atoms with van der Waals surface area (Å²) in [5.74, 6) is 0. The Morgan fingerprint density at radius 2 is 0.633 bits per heavy atom. The molecule has 0 saturated carbocycles. The topological polar surface area (TPSA) is 0 Å². The molecule has 0 unspecified atom stereocenters. The summed E-state index contributed by atoms with van der Waals surface area (Å²) in [5.41, 5.74) is 19.8. The molecule has 0 aliphatic rings. The third-order valence-electron chi connectivity index (χ3n) is 13.8. The van der Waals surface area contributed by atoms with Crippen molar-refractivity contribution in [2.75, 3.05) is 0 Å². The maximum Gasteiger partial charge on any atom is 0.0632 e. The van der Waals surface area contributed by atoms with Crippen molar-refractivity contribution in [1.29, 1.82) is 0 Å². The molecule has 0 amide bonds. The Morgan fingerprint density at radius 3 is 1.06 bits per heavy atom. The molecule has 11 rings (SSSR count). The van der Waals surface area contributed by atoms with Crippen molar-refractivity contribution < 1.29 is 19.2 Å². The van der Waals surface area contributed by atoms with Crippen LogP contribution in [0.3, 0.4) is 0 Å². The summed E-state index contributed by atoms with van der Waals surface area (Å²) in [6.07, 6.45) is 0. The van der Waals surface area contributed by atoms with E-state index in [1.165, 1.54) is 66.8 Å². The molecule has 0 aliphatic heterocycles. The minimum atomic E-state index is -0.472. The summed E-state index contributed by atoms with van der Waals surface area (Å²) in [6, 6.07) is 60.8. The van der Waals surface area contributed by atoms with Gasteiger partial charge in [0.15, 0.2) is 0 Å². The molecule has 0 nitrogen and oxygen atoms in total. The van der Waals surface area contributed by atoms with E-state index in [0.717, 1.165) is 5.56 Å². The van der Waals surface area contributed by atoms with Crippen LogP contribution < -0.4 is 0 Å². The van der Waals surface area contributed by atoms with Gasteiger partial charge in [-0.25, -0.2) is 0 Å². The van der Waals surface area contributed by atoms with Gasteiger partial charge in [0.25, 0.3) is 0 Å². The zero-order valence-corrected chi connectivity index (χ0v) is 47.4. The van der Waals surface area contributed by atoms with Crippen LogP contribution in [-0.2, 0) is 10.8 Å². The number of rotatable bonds is 7. The van der Waals surface area contributed by atoms with Crippen LogP contribution in [0.25, 0.3) is 77.9 Å². The van der Waals surface area contributed by atoms with Crippen LogP contribution in [0, 0.1) is 34.6 Å². The lowest BCUT2D eigenvalue weighted by atomic mass is 9.84. The van der Waals surface area contributed by atoms with Crippen LogP contribution in [0.5, 0.6) is 0 Å². The zero-order chi connectivity index (χ0) is 68.1. The molecule has 0 fully saturated rings. The molecule has 394 valence electrons. The lowest BCUT2D eigenvalue weighted by Crippen LogP contribution is -2.10. The molecule has 0 aromatic heterocycles. The van der Waals surface area contributed by atoms with Crippen LogP contribution in [0.15, 0.2) is 273 Å². The van der Waals surface area contributed by atoms with E-state index in [4.69, 9.17) is 19.2 Å². The predicted octanol–water partition coefficient (Wildman–Crippen LogP) is 22.6. The minimum absolute atomic E-state index is 0.0303. The SMILES string of the molecule is Cc1c(-c2ccc(C(C)(C)C)cc2)cccc1-c1ccc(C(C)(C)C)cc1.Cc1cc(-c2ccccc2)cc(-c2ccccc2)c1.[2H]c1c([2H])c([2H])c(-c2cccc(-c3c([2H])c([2H])c([2H])c(C)c3[2H])c2C)c([2H])c1[2H].[2H]c1c([2H])c([2H])c(-c2ccccc2C)c([2H])c1[2H]. The lowest BCUT2D eigenvalue weighted by Gasteiger charge is -2.20. The van der Waals surface area contributed by atoms with Crippen molar-refractivity contribution in [2.45, 2.75) is 87.0 Å². The summed E-state index contributed by atoms with van der Waals surface area (Å²) in [7, 11) is 0. The molecule has 0 N–H and O–H groups in total. The summed E-state index contributed by atoms with van der Waals surface area (Å²) < 4.78 is 111. The molecule has 0 heteroatoms. The Labute approximate surface area is 493 Å². The van der Waals surface area contributed by atoms with Crippen molar-refractivity contribution in [3.63, 3.8) is 0 Å². The molecule has 0 spiro atoms. The fourth-order valence-electron chi connectivity index (χ4n) is 9.31. The Balaban J connectivity index is 0.000000162. The Kier molecular flexibility index (Phi) is 13.5. The summed E-state index contributed by atoms with van der Waals surface area (Å²) >= 11 is 0. The molecular formula is C79H78. The highest BCUT2D eigenvalue weighted by Gasteiger charge is 2.16. The first kappa shape index (κ1) is 40.6. The Hall–Kier alpha value is -8.58. The van der Waals surface area contributed by atoms with E-state index in [2.05, 4.69) is 201 Å². The van der Waals surface area contributed by atoms with Crippen molar-refractivity contribution in [1.82, 2.24) is 0 Å². The Bertz CT molecular complexity index is 4210. The van der Waals surface area contributed by atoms with Gasteiger partial charge in [-0.05, 0) is 163 Å². The van der Waals surface area contributed by atoms with Gasteiger partial charge in [-0.3, -0.25) is 0 Å². The molecular weight excluding hydrogens is 949 g/mol. The quantitative estimate of drug-likeness (QED) is 0.149. The number of benzene rings is 11. The lowest BCUT2D eigenvalue weighted by molar-refractivity contribution is 0.590. The van der Waals surface area contributed by atoms with Gasteiger partial charge >= 0.3 is 0 Å². The van der Waals surface area contributed by atoms with Gasteiger partial charge < -0.3 is 0 Å². The van der Waals surface area contributed by atoms with Crippen molar-refractivity contribution in [3.8, 4) is 77.9 Å². The molecule has 0 aliphatic carbocycles. The second-order valence-corrected chi connectivity index (χ2v) is 21.7. The zero-order valence-electron chi connectivity index (χ0n) is 61.4. The van der Waals surface area contributed by atoms with Gasteiger partial charge in [0.2, 0.25) is 0 Å². The molecule has 0 atom stereocenters. The van der Waals surface area contributed by atoms with E-state index < -0.39 is 18.1 Å². The third-order valence-corrected chi connectivity index (χ3v) is 13.8. The summed E-state index contributed by atoms with van der Waals surface area (Å²) in [4.78, 5) is 0. The van der Waals surface area contributed by atoms with E-state index in [1.807, 2.05) is 19.1 Å². The van der Waals surface area contributed by atoms with Crippen LogP contribution in [0.1, 0.15) is 99.7 Å². The van der Waals surface area contributed by atoms with Gasteiger partial charge in [-0.2, -0.15) is 0 Å². The summed E-state index contributed by atoms with van der Waals surface area (Å²) in [6.45, 7) is 23.0. The van der Waals surface area contributed by atoms with E-state index >= 15 is 0 Å². The molecule has 0 saturated heterocycles. The van der Waals surface area contributed by atoms with Crippen molar-refractivity contribution in [3.05, 3.63) is 312 Å². The van der Waals surface area contributed by atoms with Gasteiger partial charge in [0.05, 0.1) is 19.2 Å². The fraction of sp³-hybridized carbons (Fsp3) is 0.165. The average Bonchev–Trinajstić information content (AvgIpc) is 0.800. The van der Waals surface area contributed by atoms with Crippen molar-refractivity contribution in [2.24, 2.45) is 0 Å². The third kappa shape index (κ3) is 15.1. The highest BCUT2D eigenvalue weighted by molar-refractivity contribution is 5.80.